The number of benzene rings is 2. The Hall–Kier alpha value is -1.60. The molecule has 0 unspecified atom stereocenters. The third kappa shape index (κ3) is 4.33. The summed E-state index contributed by atoms with van der Waals surface area (Å²) in [5, 5.41) is 10.0. The van der Waals surface area contributed by atoms with E-state index >= 15 is 0 Å². The van der Waals surface area contributed by atoms with Crippen molar-refractivity contribution < 1.29 is 18.3 Å². The number of carboxylic acids is 1. The van der Waals surface area contributed by atoms with Gasteiger partial charge in [-0.1, -0.05) is 53.0 Å². The molecule has 0 aliphatic carbocycles. The van der Waals surface area contributed by atoms with E-state index in [1.807, 2.05) is 6.92 Å². The maximum absolute atomic E-state index is 12.7. The molecule has 8 heteroatoms. The molecule has 0 fully saturated rings. The van der Waals surface area contributed by atoms with E-state index < -0.39 is 22.0 Å². The van der Waals surface area contributed by atoms with Gasteiger partial charge in [0, 0.05) is 13.5 Å². The van der Waals surface area contributed by atoms with Crippen molar-refractivity contribution in [3.05, 3.63) is 63.6 Å². The normalized spacial score (nSPS) is 13.0. The molecule has 134 valence electrons. The van der Waals surface area contributed by atoms with Crippen molar-refractivity contribution in [1.82, 2.24) is 4.31 Å². The first-order chi connectivity index (χ1) is 11.6. The minimum absolute atomic E-state index is 0.0315. The van der Waals surface area contributed by atoms with Crippen LogP contribution in [0.4, 0.5) is 0 Å². The van der Waals surface area contributed by atoms with Crippen molar-refractivity contribution in [3.8, 4) is 0 Å². The predicted molar refractivity (Wildman–Crippen MR) is 97.7 cm³/mol. The summed E-state index contributed by atoms with van der Waals surface area (Å²) in [7, 11) is -2.72. The summed E-state index contributed by atoms with van der Waals surface area (Å²) in [5.74, 6) is -1.27. The van der Waals surface area contributed by atoms with Crippen LogP contribution in [0, 0.1) is 6.92 Å². The number of halogens is 2. The molecule has 0 heterocycles. The summed E-state index contributed by atoms with van der Waals surface area (Å²) in [6, 6.07) is 9.74. The highest BCUT2D eigenvalue weighted by Gasteiger charge is 2.33. The van der Waals surface area contributed by atoms with Gasteiger partial charge >= 0.3 is 5.97 Å². The van der Waals surface area contributed by atoms with E-state index in [0.29, 0.717) is 5.56 Å². The molecular weight excluding hydrogens is 385 g/mol. The molecule has 1 N–H and O–H groups in total. The van der Waals surface area contributed by atoms with Gasteiger partial charge in [-0.05, 0) is 30.7 Å². The maximum atomic E-state index is 12.7. The van der Waals surface area contributed by atoms with Gasteiger partial charge in [-0.3, -0.25) is 4.79 Å². The van der Waals surface area contributed by atoms with Crippen LogP contribution in [-0.4, -0.2) is 36.9 Å². The van der Waals surface area contributed by atoms with Crippen molar-refractivity contribution in [1.29, 1.82) is 0 Å². The van der Waals surface area contributed by atoms with Crippen LogP contribution in [0.25, 0.3) is 0 Å². The fraction of sp³-hybridized carbons (Fsp3) is 0.235. The van der Waals surface area contributed by atoms with Crippen LogP contribution in [0.2, 0.25) is 10.0 Å². The Morgan fingerprint density at radius 1 is 1.16 bits per heavy atom. The number of aliphatic carboxylic acids is 1. The minimum Gasteiger partial charge on any atom is -0.480 e. The number of hydrogen-bond acceptors (Lipinski definition) is 3. The van der Waals surface area contributed by atoms with Gasteiger partial charge in [0.1, 0.15) is 6.04 Å². The first kappa shape index (κ1) is 19.7. The Bertz CT molecular complexity index is 882. The molecular formula is C17H17Cl2NO4S. The van der Waals surface area contributed by atoms with E-state index in [0.717, 1.165) is 9.87 Å². The fourth-order valence-electron chi connectivity index (χ4n) is 2.33. The third-order valence-electron chi connectivity index (χ3n) is 3.87. The lowest BCUT2D eigenvalue weighted by atomic mass is 10.1. The van der Waals surface area contributed by atoms with Crippen LogP contribution >= 0.6 is 23.2 Å². The minimum atomic E-state index is -3.97. The molecule has 0 radical (unpaired) electrons. The fourth-order valence-corrected chi connectivity index (χ4v) is 4.04. The Kier molecular flexibility index (Phi) is 6.11. The topological polar surface area (TPSA) is 74.7 Å². The van der Waals surface area contributed by atoms with Crippen LogP contribution in [0.1, 0.15) is 11.1 Å². The van der Waals surface area contributed by atoms with Gasteiger partial charge in [0.15, 0.2) is 0 Å². The van der Waals surface area contributed by atoms with Crippen molar-refractivity contribution in [2.24, 2.45) is 0 Å². The predicted octanol–water partition coefficient (Wildman–Crippen LogP) is 3.62. The number of aryl methyl sites for hydroxylation is 1. The largest absolute Gasteiger partial charge is 0.480 e. The first-order valence-electron chi connectivity index (χ1n) is 7.35. The molecule has 2 aromatic rings. The standard InChI is InChI=1S/C17H17Cl2NO4S/c1-11-6-8-13(9-7-11)25(23,24)20(2)15(17(21)22)10-12-4-3-5-14(18)16(12)19/h3-9,15H,10H2,1-2H3,(H,21,22)/t15-/m1/s1. The van der Waals surface area contributed by atoms with E-state index in [9.17, 15) is 18.3 Å². The second-order valence-electron chi connectivity index (χ2n) is 5.61. The number of likely N-dealkylation sites (N-methyl/N-ethyl adjacent to an activating group) is 1. The van der Waals surface area contributed by atoms with Gasteiger partial charge in [0.2, 0.25) is 10.0 Å². The quantitative estimate of drug-likeness (QED) is 0.801. The summed E-state index contributed by atoms with van der Waals surface area (Å²) in [6.45, 7) is 1.83. The molecule has 2 aromatic carbocycles. The van der Waals surface area contributed by atoms with Gasteiger partial charge in [-0.2, -0.15) is 4.31 Å². The molecule has 1 atom stereocenters. The molecule has 0 saturated heterocycles. The van der Waals surface area contributed by atoms with Crippen LogP contribution < -0.4 is 0 Å². The van der Waals surface area contributed by atoms with Gasteiger partial charge in [0.25, 0.3) is 0 Å². The van der Waals surface area contributed by atoms with Crippen LogP contribution in [0.15, 0.2) is 47.4 Å². The molecule has 0 aliphatic heterocycles. The highest BCUT2D eigenvalue weighted by molar-refractivity contribution is 7.89. The molecule has 0 aliphatic rings. The summed E-state index contributed by atoms with van der Waals surface area (Å²) in [5.41, 5.74) is 1.37. The molecule has 5 nitrogen and oxygen atoms in total. The van der Waals surface area contributed by atoms with Crippen LogP contribution in [0.5, 0.6) is 0 Å². The number of sulfonamides is 1. The Labute approximate surface area is 156 Å². The van der Waals surface area contributed by atoms with E-state index in [-0.39, 0.29) is 21.4 Å². The number of nitrogens with zero attached hydrogens (tertiary/aromatic N) is 1. The Balaban J connectivity index is 2.37. The first-order valence-corrected chi connectivity index (χ1v) is 9.54. The van der Waals surface area contributed by atoms with Gasteiger partial charge in [-0.15, -0.1) is 0 Å². The molecule has 0 amide bonds. The lowest BCUT2D eigenvalue weighted by molar-refractivity contribution is -0.141. The highest BCUT2D eigenvalue weighted by atomic mass is 35.5. The van der Waals surface area contributed by atoms with E-state index in [1.54, 1.807) is 30.3 Å². The monoisotopic (exact) mass is 401 g/mol. The summed E-state index contributed by atoms with van der Waals surface area (Å²) >= 11 is 12.0. The summed E-state index contributed by atoms with van der Waals surface area (Å²) in [4.78, 5) is 11.7. The Morgan fingerprint density at radius 3 is 2.32 bits per heavy atom. The zero-order valence-corrected chi connectivity index (χ0v) is 15.9. The lowest BCUT2D eigenvalue weighted by Crippen LogP contribution is -2.43. The SMILES string of the molecule is Cc1ccc(S(=O)(=O)N(C)[C@H](Cc2cccc(Cl)c2Cl)C(=O)O)cc1. The van der Waals surface area contributed by atoms with Gasteiger partial charge in [0.05, 0.1) is 14.9 Å². The van der Waals surface area contributed by atoms with Gasteiger partial charge < -0.3 is 5.11 Å². The van der Waals surface area contributed by atoms with E-state index in [4.69, 9.17) is 23.2 Å². The highest BCUT2D eigenvalue weighted by Crippen LogP contribution is 2.28. The zero-order chi connectivity index (χ0) is 18.8. The number of hydrogen-bond donors (Lipinski definition) is 1. The summed E-state index contributed by atoms with van der Waals surface area (Å²) in [6.07, 6.45) is -0.101. The molecule has 0 bridgehead atoms. The lowest BCUT2D eigenvalue weighted by Gasteiger charge is -2.25. The van der Waals surface area contributed by atoms with Crippen LogP contribution in [-0.2, 0) is 21.2 Å². The molecule has 0 saturated carbocycles. The Morgan fingerprint density at radius 2 is 1.76 bits per heavy atom. The molecule has 0 spiro atoms. The van der Waals surface area contributed by atoms with Crippen molar-refractivity contribution in [2.45, 2.75) is 24.3 Å². The average Bonchev–Trinajstić information content (AvgIpc) is 2.55. The van der Waals surface area contributed by atoms with Gasteiger partial charge in [-0.25, -0.2) is 8.42 Å². The number of carbonyl (C=O) groups is 1. The zero-order valence-electron chi connectivity index (χ0n) is 13.6. The van der Waals surface area contributed by atoms with Crippen molar-refractivity contribution in [2.75, 3.05) is 7.05 Å². The second-order valence-corrected chi connectivity index (χ2v) is 8.39. The van der Waals surface area contributed by atoms with E-state index in [2.05, 4.69) is 0 Å². The summed E-state index contributed by atoms with van der Waals surface area (Å²) < 4.78 is 26.3. The van der Waals surface area contributed by atoms with Crippen molar-refractivity contribution in [3.63, 3.8) is 0 Å². The number of carboxylic acid groups (broad SMARTS) is 1. The smallest absolute Gasteiger partial charge is 0.322 e. The van der Waals surface area contributed by atoms with Crippen LogP contribution in [0.3, 0.4) is 0 Å². The third-order valence-corrected chi connectivity index (χ3v) is 6.61. The average molecular weight is 402 g/mol. The molecule has 2 rings (SSSR count). The molecule has 25 heavy (non-hydrogen) atoms. The van der Waals surface area contributed by atoms with Crippen molar-refractivity contribution >= 4 is 39.2 Å². The van der Waals surface area contributed by atoms with E-state index in [1.165, 1.54) is 19.2 Å². The molecule has 0 aromatic heterocycles. The maximum Gasteiger partial charge on any atom is 0.322 e. The second kappa shape index (κ2) is 7.74. The number of rotatable bonds is 6.